The van der Waals surface area contributed by atoms with Gasteiger partial charge in [-0.3, -0.25) is 4.79 Å². The molecule has 0 fully saturated rings. The van der Waals surface area contributed by atoms with Gasteiger partial charge in [-0.15, -0.1) is 0 Å². The topological polar surface area (TPSA) is 101 Å². The van der Waals surface area contributed by atoms with Gasteiger partial charge in [0.15, 0.2) is 0 Å². The molecular formula is C13H17N3O4S. The van der Waals surface area contributed by atoms with Gasteiger partial charge in [0.1, 0.15) is 5.82 Å². The van der Waals surface area contributed by atoms with Gasteiger partial charge in [-0.25, -0.2) is 18.1 Å². The van der Waals surface area contributed by atoms with Gasteiger partial charge in [0.2, 0.25) is 10.0 Å². The van der Waals surface area contributed by atoms with Crippen molar-refractivity contribution in [1.82, 2.24) is 14.7 Å². The number of rotatable bonds is 7. The normalized spacial score (nSPS) is 11.7. The Hall–Kier alpha value is -1.93. The highest BCUT2D eigenvalue weighted by Gasteiger charge is 2.12. The summed E-state index contributed by atoms with van der Waals surface area (Å²) in [7, 11) is -2.16. The van der Waals surface area contributed by atoms with Crippen LogP contribution in [0.25, 0.3) is 11.0 Å². The molecule has 1 aromatic carbocycles. The zero-order valence-electron chi connectivity index (χ0n) is 11.6. The molecule has 0 amide bonds. The van der Waals surface area contributed by atoms with E-state index >= 15 is 0 Å². The molecule has 0 saturated heterocycles. The van der Waals surface area contributed by atoms with Gasteiger partial charge in [-0.05, 0) is 18.6 Å². The lowest BCUT2D eigenvalue weighted by molar-refractivity contribution is -0.140. The first kappa shape index (κ1) is 15.5. The molecule has 21 heavy (non-hydrogen) atoms. The van der Waals surface area contributed by atoms with Gasteiger partial charge < -0.3 is 9.72 Å². The summed E-state index contributed by atoms with van der Waals surface area (Å²) in [5.41, 5.74) is 1.65. The Kier molecular flexibility index (Phi) is 4.92. The third-order valence-electron chi connectivity index (χ3n) is 2.92. The Balaban J connectivity index is 1.87. The number of imidazole rings is 1. The number of nitrogens with one attached hydrogen (secondary N) is 2. The monoisotopic (exact) mass is 311 g/mol. The highest BCUT2D eigenvalue weighted by atomic mass is 32.2. The second-order valence-electron chi connectivity index (χ2n) is 4.52. The molecule has 2 aromatic rings. The maximum atomic E-state index is 11.8. The molecule has 0 aliphatic carbocycles. The maximum Gasteiger partial charge on any atom is 0.305 e. The summed E-state index contributed by atoms with van der Waals surface area (Å²) in [5, 5.41) is 0. The van der Waals surface area contributed by atoms with Crippen LogP contribution < -0.4 is 4.72 Å². The van der Waals surface area contributed by atoms with Crippen molar-refractivity contribution < 1.29 is 17.9 Å². The van der Waals surface area contributed by atoms with Gasteiger partial charge in [0.25, 0.3) is 0 Å². The molecule has 8 heteroatoms. The zero-order chi connectivity index (χ0) is 15.3. The van der Waals surface area contributed by atoms with E-state index in [9.17, 15) is 13.2 Å². The van der Waals surface area contributed by atoms with E-state index in [1.54, 1.807) is 0 Å². The van der Waals surface area contributed by atoms with Crippen LogP contribution in [-0.4, -0.2) is 37.2 Å². The number of para-hydroxylation sites is 2. The van der Waals surface area contributed by atoms with E-state index in [0.717, 1.165) is 11.0 Å². The van der Waals surface area contributed by atoms with Crippen LogP contribution in [0.5, 0.6) is 0 Å². The summed E-state index contributed by atoms with van der Waals surface area (Å²) in [4.78, 5) is 18.2. The number of carbonyl (C=O) groups excluding carboxylic acids is 1. The van der Waals surface area contributed by atoms with Crippen LogP contribution in [-0.2, 0) is 26.1 Å². The van der Waals surface area contributed by atoms with Crippen molar-refractivity contribution in [3.8, 4) is 0 Å². The summed E-state index contributed by atoms with van der Waals surface area (Å²) in [5.74, 6) is 0.0118. The lowest BCUT2D eigenvalue weighted by Gasteiger charge is -2.04. The molecule has 2 N–H and O–H groups in total. The maximum absolute atomic E-state index is 11.8. The van der Waals surface area contributed by atoms with E-state index in [1.165, 1.54) is 7.11 Å². The van der Waals surface area contributed by atoms with Crippen LogP contribution in [0.4, 0.5) is 0 Å². The Bertz CT molecular complexity index is 691. The third kappa shape index (κ3) is 4.54. The smallest absolute Gasteiger partial charge is 0.305 e. The van der Waals surface area contributed by atoms with Crippen LogP contribution in [0.2, 0.25) is 0 Å². The molecule has 0 unspecified atom stereocenters. The summed E-state index contributed by atoms with van der Waals surface area (Å²) in [6.07, 6.45) is 0.310. The second-order valence-corrected chi connectivity index (χ2v) is 6.45. The van der Waals surface area contributed by atoms with Gasteiger partial charge in [-0.2, -0.15) is 0 Å². The van der Waals surface area contributed by atoms with Gasteiger partial charge >= 0.3 is 5.97 Å². The molecule has 114 valence electrons. The first-order valence-electron chi connectivity index (χ1n) is 6.48. The Morgan fingerprint density at radius 1 is 1.38 bits per heavy atom. The number of H-pyrrole nitrogens is 1. The lowest BCUT2D eigenvalue weighted by Crippen LogP contribution is -2.26. The largest absolute Gasteiger partial charge is 0.469 e. The summed E-state index contributed by atoms with van der Waals surface area (Å²) in [6.45, 7) is 0.0925. The van der Waals surface area contributed by atoms with Crippen molar-refractivity contribution in [2.24, 2.45) is 0 Å². The number of nitrogens with zero attached hydrogens (tertiary/aromatic N) is 1. The van der Waals surface area contributed by atoms with E-state index < -0.39 is 16.0 Å². The number of methoxy groups -OCH3 is 1. The molecule has 1 aromatic heterocycles. The standard InChI is InChI=1S/C13H17N3O4S/c1-20-13(17)7-4-8-21(18,19)14-9-12-15-10-5-2-3-6-11(10)16-12/h2-3,5-6,14H,4,7-9H2,1H3,(H,15,16). The molecule has 2 rings (SSSR count). The van der Waals surface area contributed by atoms with Crippen LogP contribution in [0.3, 0.4) is 0 Å². The van der Waals surface area contributed by atoms with Crippen molar-refractivity contribution >= 4 is 27.0 Å². The molecule has 7 nitrogen and oxygen atoms in total. The Morgan fingerprint density at radius 3 is 2.86 bits per heavy atom. The first-order valence-corrected chi connectivity index (χ1v) is 8.13. The quantitative estimate of drug-likeness (QED) is 0.741. The summed E-state index contributed by atoms with van der Waals surface area (Å²) < 4.78 is 30.5. The number of carbonyl (C=O) groups is 1. The number of hydrogen-bond acceptors (Lipinski definition) is 5. The van der Waals surface area contributed by atoms with E-state index in [2.05, 4.69) is 19.4 Å². The summed E-state index contributed by atoms with van der Waals surface area (Å²) >= 11 is 0. The van der Waals surface area contributed by atoms with E-state index in [1.807, 2.05) is 24.3 Å². The van der Waals surface area contributed by atoms with E-state index in [4.69, 9.17) is 0 Å². The van der Waals surface area contributed by atoms with Crippen molar-refractivity contribution in [1.29, 1.82) is 0 Å². The van der Waals surface area contributed by atoms with Crippen LogP contribution in [0.1, 0.15) is 18.7 Å². The number of aromatic nitrogens is 2. The third-order valence-corrected chi connectivity index (χ3v) is 4.33. The second kappa shape index (κ2) is 6.68. The number of fused-ring (bicyclic) bond motifs is 1. The average Bonchev–Trinajstić information content (AvgIpc) is 2.88. The molecule has 0 saturated carbocycles. The minimum absolute atomic E-state index is 0.0854. The number of aromatic amines is 1. The van der Waals surface area contributed by atoms with E-state index in [0.29, 0.717) is 5.82 Å². The first-order chi connectivity index (χ1) is 10.00. The van der Waals surface area contributed by atoms with Crippen LogP contribution >= 0.6 is 0 Å². The minimum atomic E-state index is -3.44. The van der Waals surface area contributed by atoms with Gasteiger partial charge in [0, 0.05) is 6.42 Å². The van der Waals surface area contributed by atoms with E-state index in [-0.39, 0.29) is 25.1 Å². The number of benzene rings is 1. The number of hydrogen-bond donors (Lipinski definition) is 2. The predicted molar refractivity (Wildman–Crippen MR) is 78.0 cm³/mol. The van der Waals surface area contributed by atoms with Crippen molar-refractivity contribution in [3.05, 3.63) is 30.1 Å². The molecule has 0 spiro atoms. The van der Waals surface area contributed by atoms with Crippen molar-refractivity contribution in [3.63, 3.8) is 0 Å². The fourth-order valence-electron chi connectivity index (χ4n) is 1.85. The van der Waals surface area contributed by atoms with Crippen molar-refractivity contribution in [2.75, 3.05) is 12.9 Å². The Labute approximate surface area is 122 Å². The lowest BCUT2D eigenvalue weighted by atomic mass is 10.3. The molecule has 0 bridgehead atoms. The number of sulfonamides is 1. The minimum Gasteiger partial charge on any atom is -0.469 e. The molecule has 0 aliphatic rings. The SMILES string of the molecule is COC(=O)CCCS(=O)(=O)NCc1nc2ccccc2[nH]1. The van der Waals surface area contributed by atoms with Crippen molar-refractivity contribution in [2.45, 2.75) is 19.4 Å². The molecule has 1 heterocycles. The van der Waals surface area contributed by atoms with Gasteiger partial charge in [-0.1, -0.05) is 12.1 Å². The molecule has 0 atom stereocenters. The highest BCUT2D eigenvalue weighted by Crippen LogP contribution is 2.10. The molecule has 0 radical (unpaired) electrons. The van der Waals surface area contributed by atoms with Gasteiger partial charge in [0.05, 0.1) is 30.4 Å². The Morgan fingerprint density at radius 2 is 2.14 bits per heavy atom. The number of ether oxygens (including phenoxy) is 1. The molecule has 0 aliphatic heterocycles. The fourth-order valence-corrected chi connectivity index (χ4v) is 2.87. The predicted octanol–water partition coefficient (Wildman–Crippen LogP) is 0.935. The molecular weight excluding hydrogens is 294 g/mol. The fraction of sp³-hybridized carbons (Fsp3) is 0.385. The highest BCUT2D eigenvalue weighted by molar-refractivity contribution is 7.89. The zero-order valence-corrected chi connectivity index (χ0v) is 12.4. The number of esters is 1. The van der Waals surface area contributed by atoms with Crippen LogP contribution in [0.15, 0.2) is 24.3 Å². The van der Waals surface area contributed by atoms with Crippen LogP contribution in [0, 0.1) is 0 Å². The average molecular weight is 311 g/mol. The summed E-state index contributed by atoms with van der Waals surface area (Å²) in [6, 6.07) is 7.46.